The summed E-state index contributed by atoms with van der Waals surface area (Å²) >= 11 is 0. The molecule has 0 aliphatic heterocycles. The van der Waals surface area contributed by atoms with Crippen LogP contribution in [0.15, 0.2) is 18.2 Å². The van der Waals surface area contributed by atoms with Gasteiger partial charge < -0.3 is 5.32 Å². The zero-order valence-electron chi connectivity index (χ0n) is 13.8. The van der Waals surface area contributed by atoms with E-state index >= 15 is 0 Å². The van der Waals surface area contributed by atoms with Crippen LogP contribution in [-0.4, -0.2) is 33.7 Å². The Morgan fingerprint density at radius 2 is 1.95 bits per heavy atom. The van der Waals surface area contributed by atoms with Crippen molar-refractivity contribution < 1.29 is 13.2 Å². The largest absolute Gasteiger partial charge is 0.356 e. The third-order valence-corrected chi connectivity index (χ3v) is 4.61. The summed E-state index contributed by atoms with van der Waals surface area (Å²) in [5.74, 6) is -0.118. The summed E-state index contributed by atoms with van der Waals surface area (Å²) < 4.78 is 25.4. The molecule has 5 nitrogen and oxygen atoms in total. The summed E-state index contributed by atoms with van der Waals surface area (Å²) in [5, 5.41) is 2.81. The fourth-order valence-corrected chi connectivity index (χ4v) is 3.13. The van der Waals surface area contributed by atoms with Gasteiger partial charge >= 0.3 is 0 Å². The second kappa shape index (κ2) is 8.17. The Balaban J connectivity index is 2.83. The molecule has 1 aromatic rings. The molecular formula is C16H26N2O3S. The molecule has 0 unspecified atom stereocenters. The predicted molar refractivity (Wildman–Crippen MR) is 90.6 cm³/mol. The minimum atomic E-state index is -3.42. The number of carbonyl (C=O) groups excluding carboxylic acids is 1. The molecule has 0 spiro atoms. The maximum atomic E-state index is 12.1. The van der Waals surface area contributed by atoms with E-state index in [1.165, 1.54) is 10.6 Å². The van der Waals surface area contributed by atoms with E-state index in [-0.39, 0.29) is 18.9 Å². The van der Waals surface area contributed by atoms with E-state index in [1.54, 1.807) is 0 Å². The molecule has 0 radical (unpaired) electrons. The summed E-state index contributed by atoms with van der Waals surface area (Å²) in [6.45, 7) is 6.63. The van der Waals surface area contributed by atoms with Gasteiger partial charge in [0, 0.05) is 19.5 Å². The van der Waals surface area contributed by atoms with Crippen molar-refractivity contribution in [2.45, 2.75) is 40.0 Å². The van der Waals surface area contributed by atoms with Gasteiger partial charge in [-0.1, -0.05) is 25.5 Å². The van der Waals surface area contributed by atoms with Crippen LogP contribution >= 0.6 is 0 Å². The zero-order valence-corrected chi connectivity index (χ0v) is 14.7. The van der Waals surface area contributed by atoms with Crippen LogP contribution in [0.3, 0.4) is 0 Å². The van der Waals surface area contributed by atoms with Crippen molar-refractivity contribution in [2.24, 2.45) is 0 Å². The molecule has 6 heteroatoms. The van der Waals surface area contributed by atoms with Crippen molar-refractivity contribution in [1.82, 2.24) is 5.32 Å². The number of sulfonamides is 1. The average Bonchev–Trinajstić information content (AvgIpc) is 2.41. The minimum Gasteiger partial charge on any atom is -0.356 e. The summed E-state index contributed by atoms with van der Waals surface area (Å²) in [7, 11) is -3.42. The fraction of sp³-hybridized carbons (Fsp3) is 0.562. The Hall–Kier alpha value is -1.56. The lowest BCUT2D eigenvalue weighted by Crippen LogP contribution is -2.35. The van der Waals surface area contributed by atoms with Gasteiger partial charge in [-0.3, -0.25) is 9.10 Å². The summed E-state index contributed by atoms with van der Waals surface area (Å²) in [6.07, 6.45) is 3.27. The molecule has 0 saturated carbocycles. The summed E-state index contributed by atoms with van der Waals surface area (Å²) in [6, 6.07) is 5.67. The summed E-state index contributed by atoms with van der Waals surface area (Å²) in [4.78, 5) is 11.8. The van der Waals surface area contributed by atoms with Gasteiger partial charge in [0.05, 0.1) is 11.9 Å². The van der Waals surface area contributed by atoms with E-state index in [0.717, 1.165) is 24.0 Å². The van der Waals surface area contributed by atoms with Gasteiger partial charge in [-0.25, -0.2) is 8.42 Å². The standard InChI is InChI=1S/C16H26N2O3S/c1-5-6-10-17-16(19)9-11-18(22(4,20)21)15-12-13(2)7-8-14(15)3/h7-8,12H,5-6,9-11H2,1-4H3,(H,17,19). The number of benzene rings is 1. The molecule has 22 heavy (non-hydrogen) atoms. The molecule has 0 fully saturated rings. The van der Waals surface area contributed by atoms with Crippen molar-refractivity contribution >= 4 is 21.6 Å². The molecule has 1 N–H and O–H groups in total. The van der Waals surface area contributed by atoms with Crippen LogP contribution in [0.4, 0.5) is 5.69 Å². The number of carbonyl (C=O) groups is 1. The molecule has 0 heterocycles. The first kappa shape index (κ1) is 18.5. The van der Waals surface area contributed by atoms with Gasteiger partial charge in [-0.15, -0.1) is 0 Å². The Bertz CT molecular complexity index is 612. The first-order valence-electron chi connectivity index (χ1n) is 7.57. The van der Waals surface area contributed by atoms with Gasteiger partial charge in [-0.2, -0.15) is 0 Å². The van der Waals surface area contributed by atoms with Crippen LogP contribution in [-0.2, 0) is 14.8 Å². The topological polar surface area (TPSA) is 66.5 Å². The quantitative estimate of drug-likeness (QED) is 0.746. The van der Waals surface area contributed by atoms with E-state index < -0.39 is 10.0 Å². The van der Waals surface area contributed by atoms with E-state index in [9.17, 15) is 13.2 Å². The number of rotatable bonds is 8. The Kier molecular flexibility index (Phi) is 6.87. The van der Waals surface area contributed by atoms with Crippen LogP contribution < -0.4 is 9.62 Å². The maximum absolute atomic E-state index is 12.1. The predicted octanol–water partition coefficient (Wildman–Crippen LogP) is 2.38. The molecule has 0 aromatic heterocycles. The SMILES string of the molecule is CCCCNC(=O)CCN(c1cc(C)ccc1C)S(C)(=O)=O. The minimum absolute atomic E-state index is 0.118. The number of anilines is 1. The number of hydrogen-bond donors (Lipinski definition) is 1. The van der Waals surface area contributed by atoms with Crippen molar-refractivity contribution in [1.29, 1.82) is 0 Å². The molecule has 0 aliphatic carbocycles. The van der Waals surface area contributed by atoms with Gasteiger partial charge in [0.15, 0.2) is 0 Å². The van der Waals surface area contributed by atoms with Crippen molar-refractivity contribution in [3.05, 3.63) is 29.3 Å². The van der Waals surface area contributed by atoms with E-state index in [0.29, 0.717) is 12.2 Å². The second-order valence-corrected chi connectivity index (χ2v) is 7.49. The number of hydrogen-bond acceptors (Lipinski definition) is 3. The van der Waals surface area contributed by atoms with Crippen molar-refractivity contribution in [3.63, 3.8) is 0 Å². The number of nitrogens with zero attached hydrogens (tertiary/aromatic N) is 1. The Labute approximate surface area is 133 Å². The molecular weight excluding hydrogens is 300 g/mol. The van der Waals surface area contributed by atoms with Crippen LogP contribution in [0.25, 0.3) is 0 Å². The number of amides is 1. The zero-order chi connectivity index (χ0) is 16.8. The second-order valence-electron chi connectivity index (χ2n) is 5.58. The molecule has 0 bridgehead atoms. The highest BCUT2D eigenvalue weighted by Crippen LogP contribution is 2.24. The number of aryl methyl sites for hydroxylation is 2. The molecule has 0 saturated heterocycles. The molecule has 1 amide bonds. The first-order chi connectivity index (χ1) is 10.3. The van der Waals surface area contributed by atoms with Crippen LogP contribution in [0.1, 0.15) is 37.3 Å². The fourth-order valence-electron chi connectivity index (χ4n) is 2.15. The number of nitrogens with one attached hydrogen (secondary N) is 1. The molecule has 1 aromatic carbocycles. The molecule has 0 atom stereocenters. The molecule has 1 rings (SSSR count). The lowest BCUT2D eigenvalue weighted by molar-refractivity contribution is -0.120. The highest BCUT2D eigenvalue weighted by molar-refractivity contribution is 7.92. The maximum Gasteiger partial charge on any atom is 0.232 e. The number of unbranched alkanes of at least 4 members (excludes halogenated alkanes) is 1. The van der Waals surface area contributed by atoms with E-state index in [2.05, 4.69) is 12.2 Å². The van der Waals surface area contributed by atoms with Gasteiger partial charge in [0.2, 0.25) is 15.9 Å². The smallest absolute Gasteiger partial charge is 0.232 e. The van der Waals surface area contributed by atoms with E-state index in [4.69, 9.17) is 0 Å². The lowest BCUT2D eigenvalue weighted by Gasteiger charge is -2.24. The van der Waals surface area contributed by atoms with Crippen LogP contribution in [0.5, 0.6) is 0 Å². The first-order valence-corrected chi connectivity index (χ1v) is 9.42. The normalized spacial score (nSPS) is 11.3. The monoisotopic (exact) mass is 326 g/mol. The van der Waals surface area contributed by atoms with Crippen LogP contribution in [0.2, 0.25) is 0 Å². The average molecular weight is 326 g/mol. The summed E-state index contributed by atoms with van der Waals surface area (Å²) in [5.41, 5.74) is 2.51. The van der Waals surface area contributed by atoms with Gasteiger partial charge in [0.1, 0.15) is 0 Å². The van der Waals surface area contributed by atoms with Crippen molar-refractivity contribution in [3.8, 4) is 0 Å². The highest BCUT2D eigenvalue weighted by Gasteiger charge is 2.20. The lowest BCUT2D eigenvalue weighted by atomic mass is 10.1. The van der Waals surface area contributed by atoms with Crippen molar-refractivity contribution in [2.75, 3.05) is 23.7 Å². The molecule has 124 valence electrons. The molecule has 0 aliphatic rings. The third kappa shape index (κ3) is 5.67. The van der Waals surface area contributed by atoms with Gasteiger partial charge in [-0.05, 0) is 37.5 Å². The highest BCUT2D eigenvalue weighted by atomic mass is 32.2. The Morgan fingerprint density at radius 1 is 1.27 bits per heavy atom. The Morgan fingerprint density at radius 3 is 2.55 bits per heavy atom. The van der Waals surface area contributed by atoms with Gasteiger partial charge in [0.25, 0.3) is 0 Å². The van der Waals surface area contributed by atoms with Crippen LogP contribution in [0, 0.1) is 13.8 Å². The van der Waals surface area contributed by atoms with E-state index in [1.807, 2.05) is 32.0 Å². The third-order valence-electron chi connectivity index (χ3n) is 3.43.